The molecule has 1 aromatic carbocycles. The minimum atomic E-state index is -2.11. The molecule has 0 aliphatic carbocycles. The number of hydrogen-bond acceptors (Lipinski definition) is 3. The molecule has 6 heteroatoms. The monoisotopic (exact) mass is 432 g/mol. The van der Waals surface area contributed by atoms with Crippen LogP contribution in [-0.2, 0) is 9.53 Å². The van der Waals surface area contributed by atoms with E-state index in [4.69, 9.17) is 4.74 Å². The summed E-state index contributed by atoms with van der Waals surface area (Å²) in [7, 11) is -2.11. The number of amides is 2. The fourth-order valence-corrected chi connectivity index (χ4v) is 6.40. The van der Waals surface area contributed by atoms with Gasteiger partial charge in [0.25, 0.3) is 0 Å². The van der Waals surface area contributed by atoms with E-state index < -0.39 is 25.3 Å². The van der Waals surface area contributed by atoms with Gasteiger partial charge in [-0.25, -0.2) is 4.79 Å². The predicted octanol–water partition coefficient (Wildman–Crippen LogP) is 4.49. The van der Waals surface area contributed by atoms with E-state index in [1.54, 1.807) is 11.8 Å². The van der Waals surface area contributed by atoms with Crippen molar-refractivity contribution in [3.63, 3.8) is 0 Å². The zero-order valence-electron chi connectivity index (χ0n) is 20.3. The molecule has 0 radical (unpaired) electrons. The molecule has 0 aromatic heterocycles. The third kappa shape index (κ3) is 5.97. The molecule has 2 atom stereocenters. The van der Waals surface area contributed by atoms with Crippen LogP contribution in [0.4, 0.5) is 4.79 Å². The Morgan fingerprint density at radius 1 is 1.10 bits per heavy atom. The van der Waals surface area contributed by atoms with Gasteiger partial charge >= 0.3 is 6.09 Å². The molecule has 0 saturated heterocycles. The maximum Gasteiger partial charge on any atom is 0.408 e. The Kier molecular flexibility index (Phi) is 8.49. The number of carbonyl (C=O) groups is 2. The fourth-order valence-electron chi connectivity index (χ4n) is 3.63. The number of hydrogen-bond donors (Lipinski definition) is 1. The maximum absolute atomic E-state index is 13.6. The largest absolute Gasteiger partial charge is 0.444 e. The first-order valence-corrected chi connectivity index (χ1v) is 13.8. The van der Waals surface area contributed by atoms with Crippen LogP contribution in [0.25, 0.3) is 0 Å². The summed E-state index contributed by atoms with van der Waals surface area (Å²) >= 11 is 0. The van der Waals surface area contributed by atoms with Gasteiger partial charge in [0.2, 0.25) is 5.91 Å². The third-order valence-corrected chi connectivity index (χ3v) is 9.76. The van der Waals surface area contributed by atoms with Crippen molar-refractivity contribution < 1.29 is 14.3 Å². The van der Waals surface area contributed by atoms with Gasteiger partial charge in [-0.1, -0.05) is 60.7 Å². The average Bonchev–Trinajstić information content (AvgIpc) is 2.66. The van der Waals surface area contributed by atoms with Crippen LogP contribution in [0.5, 0.6) is 0 Å². The number of ether oxygens (including phenoxy) is 1. The molecule has 0 aliphatic rings. The van der Waals surface area contributed by atoms with Gasteiger partial charge in [-0.3, -0.25) is 4.79 Å². The minimum Gasteiger partial charge on any atom is -0.444 e. The summed E-state index contributed by atoms with van der Waals surface area (Å²) in [6, 6.07) is 10.3. The van der Waals surface area contributed by atoms with Gasteiger partial charge in [-0.05, 0) is 41.5 Å². The summed E-state index contributed by atoms with van der Waals surface area (Å²) in [6.45, 7) is 23.1. The topological polar surface area (TPSA) is 58.6 Å². The Bertz CT molecular complexity index is 751. The van der Waals surface area contributed by atoms with E-state index >= 15 is 0 Å². The predicted molar refractivity (Wildman–Crippen MR) is 128 cm³/mol. The summed E-state index contributed by atoms with van der Waals surface area (Å²) in [6.07, 6.45) is -0.593. The van der Waals surface area contributed by atoms with Crippen molar-refractivity contribution in [1.82, 2.24) is 10.2 Å². The highest BCUT2D eigenvalue weighted by atomic mass is 28.3. The lowest BCUT2D eigenvalue weighted by molar-refractivity contribution is -0.138. The van der Waals surface area contributed by atoms with Gasteiger partial charge in [0.15, 0.2) is 0 Å². The zero-order chi connectivity index (χ0) is 23.3. The highest BCUT2D eigenvalue weighted by molar-refractivity contribution is 6.95. The second kappa shape index (κ2) is 9.82. The van der Waals surface area contributed by atoms with Gasteiger partial charge in [0, 0.05) is 19.0 Å². The van der Waals surface area contributed by atoms with Crippen molar-refractivity contribution in [2.45, 2.75) is 72.7 Å². The lowest BCUT2D eigenvalue weighted by atomic mass is 9.85. The van der Waals surface area contributed by atoms with Crippen LogP contribution in [0.3, 0.4) is 0 Å². The van der Waals surface area contributed by atoms with Crippen molar-refractivity contribution in [3.05, 3.63) is 42.1 Å². The first-order valence-electron chi connectivity index (χ1n) is 10.8. The van der Waals surface area contributed by atoms with Crippen molar-refractivity contribution in [1.29, 1.82) is 0 Å². The SMILES string of the molecule is C=C([C@@H](C)[C@@](C)(NC(=O)OC(C)(C)C)C(=O)N(CC)CC)[Si](C)(C)c1ccccc1. The fraction of sp³-hybridized carbons (Fsp3) is 0.583. The molecular formula is C24H40N2O3Si. The van der Waals surface area contributed by atoms with Gasteiger partial charge in [-0.15, -0.1) is 6.58 Å². The van der Waals surface area contributed by atoms with E-state index in [2.05, 4.69) is 37.1 Å². The Balaban J connectivity index is 3.36. The highest BCUT2D eigenvalue weighted by Crippen LogP contribution is 2.32. The van der Waals surface area contributed by atoms with Crippen LogP contribution in [-0.4, -0.2) is 49.2 Å². The second-order valence-corrected chi connectivity index (χ2v) is 14.0. The van der Waals surface area contributed by atoms with E-state index in [-0.39, 0.29) is 11.8 Å². The van der Waals surface area contributed by atoms with Crippen LogP contribution in [0, 0.1) is 5.92 Å². The van der Waals surface area contributed by atoms with E-state index in [1.165, 1.54) is 5.19 Å². The molecule has 168 valence electrons. The van der Waals surface area contributed by atoms with Crippen molar-refractivity contribution in [2.24, 2.45) is 5.92 Å². The maximum atomic E-state index is 13.6. The lowest BCUT2D eigenvalue weighted by Gasteiger charge is -2.42. The van der Waals surface area contributed by atoms with E-state index in [1.807, 2.05) is 59.7 Å². The quantitative estimate of drug-likeness (QED) is 0.616. The number of nitrogens with zero attached hydrogens (tertiary/aromatic N) is 1. The molecule has 1 aromatic rings. The molecule has 0 heterocycles. The van der Waals surface area contributed by atoms with E-state index in [9.17, 15) is 9.59 Å². The van der Waals surface area contributed by atoms with Crippen molar-refractivity contribution in [3.8, 4) is 0 Å². The first kappa shape index (κ1) is 26.0. The number of alkyl carbamates (subject to hydrolysis) is 1. The van der Waals surface area contributed by atoms with Gasteiger partial charge in [0.1, 0.15) is 19.2 Å². The van der Waals surface area contributed by atoms with E-state index in [0.717, 1.165) is 5.20 Å². The Morgan fingerprint density at radius 3 is 2.03 bits per heavy atom. The number of benzene rings is 1. The van der Waals surface area contributed by atoms with E-state index in [0.29, 0.717) is 13.1 Å². The molecule has 0 bridgehead atoms. The molecule has 0 aliphatic heterocycles. The molecule has 5 nitrogen and oxygen atoms in total. The molecule has 1 rings (SSSR count). The Labute approximate surface area is 183 Å². The van der Waals surface area contributed by atoms with Gasteiger partial charge in [0.05, 0.1) is 0 Å². The summed E-state index contributed by atoms with van der Waals surface area (Å²) in [4.78, 5) is 28.0. The van der Waals surface area contributed by atoms with Crippen LogP contribution in [0.1, 0.15) is 48.5 Å². The number of carbonyl (C=O) groups excluding carboxylic acids is 2. The molecule has 0 spiro atoms. The van der Waals surface area contributed by atoms with Crippen LogP contribution in [0.2, 0.25) is 13.1 Å². The number of likely N-dealkylation sites (N-methyl/N-ethyl adjacent to an activating group) is 1. The highest BCUT2D eigenvalue weighted by Gasteiger charge is 2.47. The standard InChI is InChI=1S/C24H40N2O3Si/c1-11-26(12-2)21(27)24(8,25-22(28)29-23(5,6)7)18(3)19(4)30(9,10)20-16-14-13-15-17-20/h13-18H,4,11-12H2,1-3,5-10H3,(H,25,28)/t18-,24-/m1/s1. The molecule has 2 amide bonds. The molecular weight excluding hydrogens is 392 g/mol. The number of nitrogens with one attached hydrogen (secondary N) is 1. The third-order valence-electron chi connectivity index (χ3n) is 5.94. The van der Waals surface area contributed by atoms with Crippen LogP contribution in [0.15, 0.2) is 42.1 Å². The van der Waals surface area contributed by atoms with Crippen molar-refractivity contribution in [2.75, 3.05) is 13.1 Å². The van der Waals surface area contributed by atoms with Crippen LogP contribution < -0.4 is 10.5 Å². The summed E-state index contributed by atoms with van der Waals surface area (Å²) in [5, 5.41) is 5.17. The van der Waals surface area contributed by atoms with Gasteiger partial charge in [-0.2, -0.15) is 0 Å². The molecule has 0 unspecified atom stereocenters. The number of rotatable bonds is 8. The second-order valence-electron chi connectivity index (χ2n) is 9.54. The van der Waals surface area contributed by atoms with Crippen LogP contribution >= 0.6 is 0 Å². The molecule has 0 saturated carbocycles. The normalized spacial score (nSPS) is 15.0. The minimum absolute atomic E-state index is 0.120. The summed E-state index contributed by atoms with van der Waals surface area (Å²) in [5.74, 6) is -0.398. The summed E-state index contributed by atoms with van der Waals surface area (Å²) < 4.78 is 5.49. The summed E-state index contributed by atoms with van der Waals surface area (Å²) in [5.41, 5.74) is -1.81. The van der Waals surface area contributed by atoms with Gasteiger partial charge < -0.3 is 15.0 Å². The Morgan fingerprint density at radius 2 is 1.60 bits per heavy atom. The van der Waals surface area contributed by atoms with Crippen molar-refractivity contribution >= 4 is 25.3 Å². The smallest absolute Gasteiger partial charge is 0.408 e. The molecule has 0 fully saturated rings. The molecule has 1 N–H and O–H groups in total. The Hall–Kier alpha value is -2.08. The zero-order valence-corrected chi connectivity index (χ0v) is 21.3. The first-order chi connectivity index (χ1) is 13.7. The molecule has 30 heavy (non-hydrogen) atoms. The average molecular weight is 433 g/mol. The lowest BCUT2D eigenvalue weighted by Crippen LogP contribution is -2.64.